The molecule has 32 heavy (non-hydrogen) atoms. The van der Waals surface area contributed by atoms with Crippen molar-refractivity contribution in [2.75, 3.05) is 0 Å². The summed E-state index contributed by atoms with van der Waals surface area (Å²) in [5.41, 5.74) is -1.03. The maximum atomic E-state index is 13.8. The molecule has 1 saturated carbocycles. The van der Waals surface area contributed by atoms with Gasteiger partial charge in [0.2, 0.25) is 5.88 Å². The van der Waals surface area contributed by atoms with Gasteiger partial charge in [-0.3, -0.25) is 23.9 Å². The van der Waals surface area contributed by atoms with Crippen molar-refractivity contribution in [1.29, 1.82) is 0 Å². The fourth-order valence-corrected chi connectivity index (χ4v) is 3.38. The van der Waals surface area contributed by atoms with Gasteiger partial charge in [0, 0.05) is 18.8 Å². The van der Waals surface area contributed by atoms with E-state index in [4.69, 9.17) is 0 Å². The van der Waals surface area contributed by atoms with Gasteiger partial charge in [-0.05, 0) is 30.9 Å². The molecule has 1 fully saturated rings. The van der Waals surface area contributed by atoms with E-state index >= 15 is 0 Å². The molecule has 0 saturated heterocycles. The molecule has 0 spiro atoms. The summed E-state index contributed by atoms with van der Waals surface area (Å²) in [6.45, 7) is 3.76. The Labute approximate surface area is 182 Å². The Bertz CT molecular complexity index is 1260. The van der Waals surface area contributed by atoms with Crippen molar-refractivity contribution in [2.24, 2.45) is 5.92 Å². The number of fused-ring (bicyclic) bond motifs is 1. The highest BCUT2D eigenvalue weighted by molar-refractivity contribution is 6.01. The first-order valence-corrected chi connectivity index (χ1v) is 10.3. The van der Waals surface area contributed by atoms with E-state index in [0.717, 1.165) is 17.4 Å². The van der Waals surface area contributed by atoms with Crippen LogP contribution < -0.4 is 16.2 Å². The molecular weight excluding hydrogens is 419 g/mol. The highest BCUT2D eigenvalue weighted by atomic mass is 19.1. The molecule has 4 rings (SSSR count). The van der Waals surface area contributed by atoms with Crippen molar-refractivity contribution >= 4 is 17.5 Å². The maximum absolute atomic E-state index is 13.8. The van der Waals surface area contributed by atoms with Gasteiger partial charge in [0.25, 0.3) is 17.4 Å². The molecule has 0 unspecified atom stereocenters. The van der Waals surface area contributed by atoms with Gasteiger partial charge in [-0.25, -0.2) is 4.39 Å². The molecular formula is C21H23FN6O4. The number of carbonyl (C=O) groups excluding carboxylic acids is 2. The van der Waals surface area contributed by atoms with Gasteiger partial charge < -0.3 is 15.7 Å². The second-order valence-electron chi connectivity index (χ2n) is 8.16. The molecule has 3 aromatic rings. The molecule has 0 atom stereocenters. The molecule has 0 radical (unpaired) electrons. The normalized spacial score (nSPS) is 13.5. The summed E-state index contributed by atoms with van der Waals surface area (Å²) in [6, 6.07) is 2.66. The largest absolute Gasteiger partial charge is 0.492 e. The zero-order chi connectivity index (χ0) is 23.0. The van der Waals surface area contributed by atoms with E-state index in [-0.39, 0.29) is 42.0 Å². The summed E-state index contributed by atoms with van der Waals surface area (Å²) in [7, 11) is 0. The number of pyridine rings is 1. The third-order valence-electron chi connectivity index (χ3n) is 5.07. The lowest BCUT2D eigenvalue weighted by Gasteiger charge is -2.15. The smallest absolute Gasteiger partial charge is 0.270 e. The second kappa shape index (κ2) is 8.40. The third kappa shape index (κ3) is 4.05. The van der Waals surface area contributed by atoms with E-state index in [1.165, 1.54) is 29.1 Å². The lowest BCUT2D eigenvalue weighted by Crippen LogP contribution is -2.36. The van der Waals surface area contributed by atoms with Gasteiger partial charge in [0.05, 0.1) is 18.4 Å². The number of rotatable bonds is 7. The number of carbonyl (C=O) groups is 2. The van der Waals surface area contributed by atoms with Crippen LogP contribution in [0.2, 0.25) is 0 Å². The Kier molecular flexibility index (Phi) is 5.64. The number of aromatic hydroxyl groups is 1. The SMILES string of the molecule is CC(C)Cn1c(=O)c(C(=O)NC2CC2)c(O)n2ncc(C(=O)NCc3ncccc3F)c12. The van der Waals surface area contributed by atoms with E-state index in [9.17, 15) is 23.9 Å². The first-order chi connectivity index (χ1) is 15.3. The van der Waals surface area contributed by atoms with E-state index in [1.54, 1.807) is 0 Å². The van der Waals surface area contributed by atoms with Gasteiger partial charge in [0.1, 0.15) is 11.4 Å². The number of hydrogen-bond acceptors (Lipinski definition) is 6. The molecule has 168 valence electrons. The Morgan fingerprint density at radius 3 is 2.72 bits per heavy atom. The van der Waals surface area contributed by atoms with Crippen LogP contribution >= 0.6 is 0 Å². The van der Waals surface area contributed by atoms with Gasteiger partial charge >= 0.3 is 0 Å². The Balaban J connectivity index is 1.75. The van der Waals surface area contributed by atoms with Crippen LogP contribution in [-0.4, -0.2) is 42.1 Å². The Morgan fingerprint density at radius 2 is 2.06 bits per heavy atom. The maximum Gasteiger partial charge on any atom is 0.270 e. The molecule has 1 aliphatic rings. The average Bonchev–Trinajstić information content (AvgIpc) is 3.44. The fraction of sp³-hybridized carbons (Fsp3) is 0.381. The topological polar surface area (TPSA) is 131 Å². The van der Waals surface area contributed by atoms with Crippen LogP contribution in [-0.2, 0) is 13.1 Å². The van der Waals surface area contributed by atoms with Crippen LogP contribution in [0, 0.1) is 11.7 Å². The standard InChI is InChI=1S/C21H23FN6O4/c1-11(2)10-27-19-13(17(29)24-9-15-14(22)4-3-7-23-15)8-25-28(19)21(32)16(20(27)31)18(30)26-12-5-6-12/h3-4,7-8,11-12,32H,5-6,9-10H2,1-2H3,(H,24,29)(H,26,30). The van der Waals surface area contributed by atoms with E-state index in [0.29, 0.717) is 0 Å². The van der Waals surface area contributed by atoms with E-state index < -0.39 is 34.6 Å². The molecule has 1 aliphatic carbocycles. The van der Waals surface area contributed by atoms with Gasteiger partial charge in [-0.15, -0.1) is 0 Å². The minimum atomic E-state index is -0.716. The number of hydrogen-bond donors (Lipinski definition) is 3. The number of nitrogens with zero attached hydrogens (tertiary/aromatic N) is 4. The average molecular weight is 442 g/mol. The molecule has 3 heterocycles. The summed E-state index contributed by atoms with van der Waals surface area (Å²) in [6.07, 6.45) is 4.24. The van der Waals surface area contributed by atoms with Crippen LogP contribution in [0.25, 0.3) is 5.65 Å². The number of halogens is 1. The quantitative estimate of drug-likeness (QED) is 0.504. The number of amides is 2. The minimum absolute atomic E-state index is 0.00328. The zero-order valence-electron chi connectivity index (χ0n) is 17.6. The predicted molar refractivity (Wildman–Crippen MR) is 112 cm³/mol. The molecule has 10 nitrogen and oxygen atoms in total. The number of aromatic nitrogens is 4. The summed E-state index contributed by atoms with van der Waals surface area (Å²) in [5, 5.41) is 20.0. The molecule has 11 heteroatoms. The summed E-state index contributed by atoms with van der Waals surface area (Å²) in [4.78, 5) is 42.5. The van der Waals surface area contributed by atoms with Crippen molar-refractivity contribution in [1.82, 2.24) is 29.8 Å². The highest BCUT2D eigenvalue weighted by Gasteiger charge is 2.30. The van der Waals surface area contributed by atoms with Gasteiger partial charge in [0.15, 0.2) is 11.2 Å². The second-order valence-corrected chi connectivity index (χ2v) is 8.16. The van der Waals surface area contributed by atoms with Crippen LogP contribution in [0.1, 0.15) is 53.1 Å². The first kappa shape index (κ1) is 21.5. The lowest BCUT2D eigenvalue weighted by atomic mass is 10.2. The van der Waals surface area contributed by atoms with Crippen LogP contribution in [0.4, 0.5) is 4.39 Å². The van der Waals surface area contributed by atoms with Crippen molar-refractivity contribution in [3.8, 4) is 5.88 Å². The Hall–Kier alpha value is -3.76. The molecule has 3 aromatic heterocycles. The van der Waals surface area contributed by atoms with Gasteiger partial charge in [-0.2, -0.15) is 9.61 Å². The van der Waals surface area contributed by atoms with Crippen molar-refractivity contribution in [3.05, 3.63) is 57.5 Å². The van der Waals surface area contributed by atoms with Crippen LogP contribution in [0.5, 0.6) is 5.88 Å². The van der Waals surface area contributed by atoms with E-state index in [1.807, 2.05) is 13.8 Å². The zero-order valence-corrected chi connectivity index (χ0v) is 17.6. The highest BCUT2D eigenvalue weighted by Crippen LogP contribution is 2.23. The van der Waals surface area contributed by atoms with Crippen molar-refractivity contribution in [2.45, 2.75) is 45.8 Å². The molecule has 3 N–H and O–H groups in total. The Morgan fingerprint density at radius 1 is 1.31 bits per heavy atom. The summed E-state index contributed by atoms with van der Waals surface area (Å²) in [5.74, 6) is -2.52. The first-order valence-electron chi connectivity index (χ1n) is 10.3. The minimum Gasteiger partial charge on any atom is -0.492 e. The molecule has 0 aliphatic heterocycles. The summed E-state index contributed by atoms with van der Waals surface area (Å²) < 4.78 is 16.1. The van der Waals surface area contributed by atoms with Crippen LogP contribution in [0.15, 0.2) is 29.3 Å². The molecule has 2 amide bonds. The monoisotopic (exact) mass is 442 g/mol. The van der Waals surface area contributed by atoms with E-state index in [2.05, 4.69) is 20.7 Å². The van der Waals surface area contributed by atoms with Crippen LogP contribution in [0.3, 0.4) is 0 Å². The third-order valence-corrected chi connectivity index (χ3v) is 5.07. The molecule has 0 aromatic carbocycles. The summed E-state index contributed by atoms with van der Waals surface area (Å²) >= 11 is 0. The lowest BCUT2D eigenvalue weighted by molar-refractivity contribution is 0.0940. The van der Waals surface area contributed by atoms with Gasteiger partial charge in [-0.1, -0.05) is 13.8 Å². The number of nitrogens with one attached hydrogen (secondary N) is 2. The predicted octanol–water partition coefficient (Wildman–Crippen LogP) is 1.21. The fourth-order valence-electron chi connectivity index (χ4n) is 3.38. The van der Waals surface area contributed by atoms with Crippen molar-refractivity contribution in [3.63, 3.8) is 0 Å². The molecule has 0 bridgehead atoms. The van der Waals surface area contributed by atoms with Crippen molar-refractivity contribution < 1.29 is 19.1 Å².